The van der Waals surface area contributed by atoms with Gasteiger partial charge in [0.05, 0.1) is 0 Å². The molecule has 0 saturated carbocycles. The Morgan fingerprint density at radius 3 is 2.32 bits per heavy atom. The quantitative estimate of drug-likeness (QED) is 0.848. The van der Waals surface area contributed by atoms with E-state index in [1.807, 2.05) is 0 Å². The van der Waals surface area contributed by atoms with Gasteiger partial charge < -0.3 is 14.5 Å². The molecule has 0 atom stereocenters. The van der Waals surface area contributed by atoms with Crippen molar-refractivity contribution in [3.63, 3.8) is 0 Å². The van der Waals surface area contributed by atoms with Crippen LogP contribution >= 0.6 is 0 Å². The minimum absolute atomic E-state index is 0.0735. The van der Waals surface area contributed by atoms with Crippen LogP contribution in [0, 0.1) is 0 Å². The molecule has 0 bridgehead atoms. The second-order valence-corrected chi connectivity index (χ2v) is 4.32. The van der Waals surface area contributed by atoms with E-state index in [1.54, 1.807) is 16.8 Å². The predicted octanol–water partition coefficient (Wildman–Crippen LogP) is 2.45. The van der Waals surface area contributed by atoms with Crippen LogP contribution in [0.15, 0.2) is 24.3 Å². The van der Waals surface area contributed by atoms with Gasteiger partial charge in [0.1, 0.15) is 5.75 Å². The van der Waals surface area contributed by atoms with Gasteiger partial charge in [0.15, 0.2) is 0 Å². The standard InChI is InChI=1S/C12H13F3N2O2/c1-16-6-7-17(11(16)18)8-9-2-4-10(5-3-9)19-12(13,14)15/h2-5H,6-8H2,1H3. The molecule has 2 amide bonds. The maximum absolute atomic E-state index is 12.0. The second-order valence-electron chi connectivity index (χ2n) is 4.32. The minimum atomic E-state index is -4.69. The van der Waals surface area contributed by atoms with Gasteiger partial charge in [-0.05, 0) is 17.7 Å². The summed E-state index contributed by atoms with van der Waals surface area (Å²) in [4.78, 5) is 14.9. The smallest absolute Gasteiger partial charge is 0.406 e. The third-order valence-electron chi connectivity index (χ3n) is 2.83. The molecule has 104 valence electrons. The van der Waals surface area contributed by atoms with Crippen molar-refractivity contribution in [3.05, 3.63) is 29.8 Å². The number of urea groups is 1. The lowest BCUT2D eigenvalue weighted by molar-refractivity contribution is -0.274. The van der Waals surface area contributed by atoms with Crippen LogP contribution in [0.25, 0.3) is 0 Å². The largest absolute Gasteiger partial charge is 0.573 e. The monoisotopic (exact) mass is 274 g/mol. The van der Waals surface area contributed by atoms with Gasteiger partial charge in [-0.3, -0.25) is 0 Å². The predicted molar refractivity (Wildman–Crippen MR) is 61.6 cm³/mol. The van der Waals surface area contributed by atoms with Crippen LogP contribution < -0.4 is 4.74 Å². The summed E-state index contributed by atoms with van der Waals surface area (Å²) in [7, 11) is 1.71. The van der Waals surface area contributed by atoms with E-state index in [2.05, 4.69) is 4.74 Å². The van der Waals surface area contributed by atoms with Gasteiger partial charge in [0.25, 0.3) is 0 Å². The molecule has 1 aliphatic heterocycles. The first-order valence-corrected chi connectivity index (χ1v) is 5.70. The highest BCUT2D eigenvalue weighted by atomic mass is 19.4. The van der Waals surface area contributed by atoms with Crippen molar-refractivity contribution in [2.75, 3.05) is 20.1 Å². The zero-order valence-corrected chi connectivity index (χ0v) is 10.3. The molecule has 1 aliphatic rings. The summed E-state index contributed by atoms with van der Waals surface area (Å²) in [5.74, 6) is -0.263. The van der Waals surface area contributed by atoms with Crippen molar-refractivity contribution in [1.29, 1.82) is 0 Å². The summed E-state index contributed by atoms with van der Waals surface area (Å²) in [6, 6.07) is 5.45. The van der Waals surface area contributed by atoms with Gasteiger partial charge >= 0.3 is 12.4 Å². The number of nitrogens with zero attached hydrogens (tertiary/aromatic N) is 2. The molecular formula is C12H13F3N2O2. The van der Waals surface area contributed by atoms with Crippen molar-refractivity contribution in [2.24, 2.45) is 0 Å². The zero-order valence-electron chi connectivity index (χ0n) is 10.3. The molecule has 0 aromatic heterocycles. The summed E-state index contributed by atoms with van der Waals surface area (Å²) < 4.78 is 39.7. The van der Waals surface area contributed by atoms with Crippen LogP contribution in [0.4, 0.5) is 18.0 Å². The molecule has 1 aromatic rings. The van der Waals surface area contributed by atoms with Gasteiger partial charge in [-0.2, -0.15) is 0 Å². The van der Waals surface area contributed by atoms with E-state index in [1.165, 1.54) is 24.3 Å². The number of halogens is 3. The van der Waals surface area contributed by atoms with E-state index < -0.39 is 6.36 Å². The molecule has 0 spiro atoms. The number of rotatable bonds is 3. The molecule has 0 aliphatic carbocycles. The van der Waals surface area contributed by atoms with Crippen LogP contribution in [0.2, 0.25) is 0 Å². The van der Waals surface area contributed by atoms with Crippen molar-refractivity contribution < 1.29 is 22.7 Å². The molecule has 1 heterocycles. The van der Waals surface area contributed by atoms with Crippen LogP contribution in [0.5, 0.6) is 5.75 Å². The Morgan fingerprint density at radius 1 is 1.21 bits per heavy atom. The van der Waals surface area contributed by atoms with Crippen LogP contribution in [0.3, 0.4) is 0 Å². The molecule has 1 aromatic carbocycles. The molecule has 0 radical (unpaired) electrons. The van der Waals surface area contributed by atoms with E-state index in [0.29, 0.717) is 19.6 Å². The number of carbonyl (C=O) groups is 1. The van der Waals surface area contributed by atoms with Gasteiger partial charge in [0, 0.05) is 26.7 Å². The van der Waals surface area contributed by atoms with Crippen LogP contribution in [-0.2, 0) is 6.54 Å². The number of hydrogen-bond donors (Lipinski definition) is 0. The third-order valence-corrected chi connectivity index (χ3v) is 2.83. The van der Waals surface area contributed by atoms with Gasteiger partial charge in [0.2, 0.25) is 0 Å². The lowest BCUT2D eigenvalue weighted by Crippen LogP contribution is -2.28. The summed E-state index contributed by atoms with van der Waals surface area (Å²) >= 11 is 0. The Bertz CT molecular complexity index is 459. The number of amides is 2. The summed E-state index contributed by atoms with van der Waals surface area (Å²) in [6.07, 6.45) is -4.69. The van der Waals surface area contributed by atoms with E-state index in [4.69, 9.17) is 0 Å². The first-order chi connectivity index (χ1) is 8.85. The Kier molecular flexibility index (Phi) is 3.55. The van der Waals surface area contributed by atoms with Crippen LogP contribution in [0.1, 0.15) is 5.56 Å². The molecule has 0 unspecified atom stereocenters. The first kappa shape index (κ1) is 13.5. The SMILES string of the molecule is CN1CCN(Cc2ccc(OC(F)(F)F)cc2)C1=O. The second kappa shape index (κ2) is 4.99. The molecular weight excluding hydrogens is 261 g/mol. The number of hydrogen-bond acceptors (Lipinski definition) is 2. The Hall–Kier alpha value is -1.92. The number of alkyl halides is 3. The molecule has 1 saturated heterocycles. The fourth-order valence-corrected chi connectivity index (χ4v) is 1.87. The van der Waals surface area contributed by atoms with E-state index >= 15 is 0 Å². The highest BCUT2D eigenvalue weighted by molar-refractivity contribution is 5.76. The highest BCUT2D eigenvalue weighted by Gasteiger charge is 2.31. The van der Waals surface area contributed by atoms with Crippen molar-refractivity contribution in [2.45, 2.75) is 12.9 Å². The van der Waals surface area contributed by atoms with E-state index in [-0.39, 0.29) is 11.8 Å². The minimum Gasteiger partial charge on any atom is -0.406 e. The van der Waals surface area contributed by atoms with E-state index in [9.17, 15) is 18.0 Å². The number of ether oxygens (including phenoxy) is 1. The average molecular weight is 274 g/mol. The average Bonchev–Trinajstić information content (AvgIpc) is 2.62. The maximum atomic E-state index is 12.0. The molecule has 19 heavy (non-hydrogen) atoms. The third kappa shape index (κ3) is 3.52. The van der Waals surface area contributed by atoms with Gasteiger partial charge in [-0.1, -0.05) is 12.1 Å². The molecule has 7 heteroatoms. The molecule has 1 fully saturated rings. The van der Waals surface area contributed by atoms with Gasteiger partial charge in [-0.25, -0.2) is 4.79 Å². The first-order valence-electron chi connectivity index (χ1n) is 5.70. The maximum Gasteiger partial charge on any atom is 0.573 e. The van der Waals surface area contributed by atoms with Crippen LogP contribution in [-0.4, -0.2) is 42.3 Å². The fraction of sp³-hybridized carbons (Fsp3) is 0.417. The lowest BCUT2D eigenvalue weighted by Gasteiger charge is -2.16. The molecule has 0 N–H and O–H groups in total. The molecule has 2 rings (SSSR count). The lowest BCUT2D eigenvalue weighted by atomic mass is 10.2. The van der Waals surface area contributed by atoms with Crippen molar-refractivity contribution in [3.8, 4) is 5.75 Å². The topological polar surface area (TPSA) is 32.8 Å². The van der Waals surface area contributed by atoms with E-state index in [0.717, 1.165) is 5.56 Å². The number of carbonyl (C=O) groups excluding carboxylic acids is 1. The normalized spacial score (nSPS) is 16.1. The Labute approximate surface area is 108 Å². The number of benzene rings is 1. The Morgan fingerprint density at radius 2 is 1.84 bits per heavy atom. The highest BCUT2D eigenvalue weighted by Crippen LogP contribution is 2.23. The number of likely N-dealkylation sites (N-methyl/N-ethyl adjacent to an activating group) is 1. The van der Waals surface area contributed by atoms with Gasteiger partial charge in [-0.15, -0.1) is 13.2 Å². The van der Waals surface area contributed by atoms with Crippen molar-refractivity contribution in [1.82, 2.24) is 9.80 Å². The fourth-order valence-electron chi connectivity index (χ4n) is 1.87. The summed E-state index contributed by atoms with van der Waals surface area (Å²) in [5.41, 5.74) is 0.762. The Balaban J connectivity index is 1.97. The summed E-state index contributed by atoms with van der Waals surface area (Å²) in [6.45, 7) is 1.67. The zero-order chi connectivity index (χ0) is 14.0. The van der Waals surface area contributed by atoms with Crippen molar-refractivity contribution >= 4 is 6.03 Å². The molecule has 4 nitrogen and oxygen atoms in total. The summed E-state index contributed by atoms with van der Waals surface area (Å²) in [5, 5.41) is 0.